The Kier molecular flexibility index (Phi) is 7.26. The lowest BCUT2D eigenvalue weighted by atomic mass is 10.0. The van der Waals surface area contributed by atoms with E-state index in [1.807, 2.05) is 24.3 Å². The standard InChI is InChI=1S/C21H23O8P/c22-9-11-27-20(24)13-15(21(25)28-12-10-23)14-30(26)19-8-4-2-6-17(19)16-5-1-3-7-18(16)29-30/h1-8,15,22-23H,9-14H2/t15-,30-/m1/s1. The van der Waals surface area contributed by atoms with Gasteiger partial charge in [-0.05, 0) is 17.7 Å². The molecule has 30 heavy (non-hydrogen) atoms. The molecule has 2 N–H and O–H groups in total. The second kappa shape index (κ2) is 9.89. The van der Waals surface area contributed by atoms with Crippen LogP contribution in [0.25, 0.3) is 11.1 Å². The minimum atomic E-state index is -3.58. The summed E-state index contributed by atoms with van der Waals surface area (Å²) in [5.41, 5.74) is 1.54. The number of para-hydroxylation sites is 1. The smallest absolute Gasteiger partial charge is 0.310 e. The molecule has 0 spiro atoms. The summed E-state index contributed by atoms with van der Waals surface area (Å²) >= 11 is 0. The topological polar surface area (TPSA) is 119 Å². The van der Waals surface area contributed by atoms with Crippen molar-refractivity contribution in [2.24, 2.45) is 5.92 Å². The van der Waals surface area contributed by atoms with Gasteiger partial charge in [0.25, 0.3) is 7.37 Å². The van der Waals surface area contributed by atoms with Crippen LogP contribution in [0.3, 0.4) is 0 Å². The molecule has 0 aromatic heterocycles. The van der Waals surface area contributed by atoms with Crippen molar-refractivity contribution in [2.45, 2.75) is 6.42 Å². The van der Waals surface area contributed by atoms with Crippen LogP contribution in [0.15, 0.2) is 48.5 Å². The van der Waals surface area contributed by atoms with E-state index in [0.717, 1.165) is 11.1 Å². The van der Waals surface area contributed by atoms with Gasteiger partial charge in [-0.2, -0.15) is 0 Å². The van der Waals surface area contributed by atoms with Crippen molar-refractivity contribution in [1.82, 2.24) is 0 Å². The monoisotopic (exact) mass is 434 g/mol. The minimum absolute atomic E-state index is 0.207. The molecule has 2 atom stereocenters. The van der Waals surface area contributed by atoms with Crippen molar-refractivity contribution >= 4 is 24.6 Å². The van der Waals surface area contributed by atoms with Crippen molar-refractivity contribution in [2.75, 3.05) is 32.6 Å². The fourth-order valence-corrected chi connectivity index (χ4v) is 5.89. The largest absolute Gasteiger partial charge is 0.463 e. The highest BCUT2D eigenvalue weighted by molar-refractivity contribution is 7.67. The zero-order valence-electron chi connectivity index (χ0n) is 16.2. The number of ether oxygens (including phenoxy) is 2. The Bertz CT molecular complexity index is 958. The molecular formula is C21H23O8P. The molecule has 3 rings (SSSR count). The first-order chi connectivity index (χ1) is 14.5. The number of hydrogen-bond acceptors (Lipinski definition) is 8. The van der Waals surface area contributed by atoms with E-state index in [1.165, 1.54) is 0 Å². The van der Waals surface area contributed by atoms with E-state index in [2.05, 4.69) is 0 Å². The lowest BCUT2D eigenvalue weighted by Gasteiger charge is -2.30. The number of fused-ring (bicyclic) bond motifs is 3. The highest BCUT2D eigenvalue weighted by Gasteiger charge is 2.41. The van der Waals surface area contributed by atoms with Gasteiger partial charge in [0.1, 0.15) is 19.0 Å². The summed E-state index contributed by atoms with van der Waals surface area (Å²) in [5, 5.41) is 18.2. The van der Waals surface area contributed by atoms with E-state index in [9.17, 15) is 14.2 Å². The van der Waals surface area contributed by atoms with Gasteiger partial charge in [-0.1, -0.05) is 36.4 Å². The maximum absolute atomic E-state index is 13.9. The quantitative estimate of drug-likeness (QED) is 0.452. The molecule has 0 radical (unpaired) electrons. The van der Waals surface area contributed by atoms with Gasteiger partial charge in [0.05, 0.1) is 37.0 Å². The molecule has 2 aromatic rings. The van der Waals surface area contributed by atoms with E-state index in [-0.39, 0.29) is 39.0 Å². The minimum Gasteiger partial charge on any atom is -0.463 e. The van der Waals surface area contributed by atoms with Crippen LogP contribution in [-0.2, 0) is 23.6 Å². The molecule has 0 fully saturated rings. The van der Waals surface area contributed by atoms with Gasteiger partial charge in [0.15, 0.2) is 0 Å². The summed E-state index contributed by atoms with van der Waals surface area (Å²) in [7, 11) is -3.58. The lowest BCUT2D eigenvalue weighted by molar-refractivity contribution is -0.155. The van der Waals surface area contributed by atoms with Gasteiger partial charge >= 0.3 is 11.9 Å². The lowest BCUT2D eigenvalue weighted by Crippen LogP contribution is -2.30. The molecule has 160 valence electrons. The molecule has 2 aromatic carbocycles. The molecular weight excluding hydrogens is 411 g/mol. The average Bonchev–Trinajstić information content (AvgIpc) is 2.75. The molecule has 8 nitrogen and oxygen atoms in total. The Morgan fingerprint density at radius 2 is 1.57 bits per heavy atom. The van der Waals surface area contributed by atoms with E-state index in [4.69, 9.17) is 24.2 Å². The Hall–Kier alpha value is -2.67. The number of rotatable bonds is 9. The molecule has 1 aliphatic heterocycles. The summed E-state index contributed by atoms with van der Waals surface area (Å²) in [6.07, 6.45) is -0.655. The molecule has 0 bridgehead atoms. The van der Waals surface area contributed by atoms with Crippen LogP contribution in [0.2, 0.25) is 0 Å². The van der Waals surface area contributed by atoms with Crippen LogP contribution < -0.4 is 9.83 Å². The molecule has 0 unspecified atom stereocenters. The Morgan fingerprint density at radius 3 is 2.30 bits per heavy atom. The average molecular weight is 434 g/mol. The second-order valence-electron chi connectivity index (χ2n) is 6.70. The van der Waals surface area contributed by atoms with Crippen LogP contribution in [0, 0.1) is 5.92 Å². The van der Waals surface area contributed by atoms with Crippen molar-refractivity contribution < 1.29 is 38.4 Å². The third-order valence-electron chi connectivity index (χ3n) is 4.59. The van der Waals surface area contributed by atoms with Crippen molar-refractivity contribution in [3.63, 3.8) is 0 Å². The van der Waals surface area contributed by atoms with Gasteiger partial charge in [-0.15, -0.1) is 0 Å². The van der Waals surface area contributed by atoms with Crippen molar-refractivity contribution in [3.05, 3.63) is 48.5 Å². The first-order valence-electron chi connectivity index (χ1n) is 9.50. The molecule has 0 saturated heterocycles. The Balaban J connectivity index is 1.91. The predicted molar refractivity (Wildman–Crippen MR) is 109 cm³/mol. The fraction of sp³-hybridized carbons (Fsp3) is 0.333. The van der Waals surface area contributed by atoms with E-state index >= 15 is 0 Å². The first-order valence-corrected chi connectivity index (χ1v) is 11.3. The van der Waals surface area contributed by atoms with E-state index in [1.54, 1.807) is 24.3 Å². The number of aliphatic hydroxyl groups is 2. The van der Waals surface area contributed by atoms with Gasteiger partial charge < -0.3 is 24.2 Å². The molecule has 0 aliphatic carbocycles. The maximum atomic E-state index is 13.9. The summed E-state index contributed by atoms with van der Waals surface area (Å²) < 4.78 is 29.7. The summed E-state index contributed by atoms with van der Waals surface area (Å²) in [6.45, 7) is -1.18. The van der Waals surface area contributed by atoms with Crippen molar-refractivity contribution in [1.29, 1.82) is 0 Å². The van der Waals surface area contributed by atoms with E-state index in [0.29, 0.717) is 11.1 Å². The van der Waals surface area contributed by atoms with Gasteiger partial charge in [0.2, 0.25) is 0 Å². The summed E-state index contributed by atoms with van der Waals surface area (Å²) in [4.78, 5) is 24.6. The van der Waals surface area contributed by atoms with Crippen LogP contribution in [0.4, 0.5) is 0 Å². The number of aliphatic hydroxyl groups excluding tert-OH is 2. The van der Waals surface area contributed by atoms with Gasteiger partial charge in [-0.3, -0.25) is 14.2 Å². The van der Waals surface area contributed by atoms with Crippen LogP contribution in [0.5, 0.6) is 5.75 Å². The predicted octanol–water partition coefficient (Wildman–Crippen LogP) is 1.73. The number of carbonyl (C=O) groups excluding carboxylic acids is 2. The highest BCUT2D eigenvalue weighted by Crippen LogP contribution is 2.55. The third kappa shape index (κ3) is 4.90. The molecule has 9 heteroatoms. The number of hydrogen-bond donors (Lipinski definition) is 2. The van der Waals surface area contributed by atoms with E-state index < -0.39 is 25.2 Å². The number of benzene rings is 2. The third-order valence-corrected chi connectivity index (χ3v) is 7.13. The number of carbonyl (C=O) groups is 2. The fourth-order valence-electron chi connectivity index (χ4n) is 3.31. The Morgan fingerprint density at radius 1 is 0.933 bits per heavy atom. The van der Waals surface area contributed by atoms with Crippen LogP contribution in [-0.4, -0.2) is 54.7 Å². The number of esters is 2. The summed E-state index contributed by atoms with van der Waals surface area (Å²) in [5.74, 6) is -2.18. The highest BCUT2D eigenvalue weighted by atomic mass is 31.2. The molecule has 0 saturated carbocycles. The molecule has 0 amide bonds. The zero-order chi connectivity index (χ0) is 21.6. The SMILES string of the molecule is O=C(C[C@H](C[P@@]1(=O)Oc2ccccc2-c2ccccc21)C(=O)OCCO)OCCO. The van der Waals surface area contributed by atoms with Crippen molar-refractivity contribution in [3.8, 4) is 16.9 Å². The van der Waals surface area contributed by atoms with Gasteiger partial charge in [0, 0.05) is 5.56 Å². The summed E-state index contributed by atoms with van der Waals surface area (Å²) in [6, 6.07) is 14.2. The second-order valence-corrected chi connectivity index (χ2v) is 9.07. The van der Waals surface area contributed by atoms with Gasteiger partial charge in [-0.25, -0.2) is 0 Å². The normalized spacial score (nSPS) is 17.8. The maximum Gasteiger partial charge on any atom is 0.310 e. The Labute approximate surface area is 173 Å². The first kappa shape index (κ1) is 22.0. The van der Waals surface area contributed by atoms with Crippen LogP contribution in [0.1, 0.15) is 6.42 Å². The molecule has 1 aliphatic rings. The zero-order valence-corrected chi connectivity index (χ0v) is 17.1. The van der Waals surface area contributed by atoms with Crippen LogP contribution >= 0.6 is 7.37 Å². The molecule has 1 heterocycles.